The van der Waals surface area contributed by atoms with Crippen LogP contribution < -0.4 is 14.4 Å². The molecule has 3 aromatic rings. The first-order chi connectivity index (χ1) is 18.9. The zero-order chi connectivity index (χ0) is 29.4. The van der Waals surface area contributed by atoms with Crippen LogP contribution in [0, 0.1) is 19.8 Å². The maximum absolute atomic E-state index is 14.0. The highest BCUT2D eigenvalue weighted by molar-refractivity contribution is 7.92. The summed E-state index contributed by atoms with van der Waals surface area (Å²) in [5.74, 6) is 0.0975. The van der Waals surface area contributed by atoms with Gasteiger partial charge in [-0.2, -0.15) is 0 Å². The molecule has 0 aliphatic carbocycles. The van der Waals surface area contributed by atoms with E-state index in [-0.39, 0.29) is 23.3 Å². The first-order valence-electron chi connectivity index (χ1n) is 13.3. The number of rotatable bonds is 12. The highest BCUT2D eigenvalue weighted by atomic mass is 32.2. The SMILES string of the molecule is COc1ccc(CN(C(=O)CN(c2cc(C)ccc2C)S(=O)(=O)c2ccccc2)[C@H](C)C(=O)NCC(C)C)cc1. The first-order valence-corrected chi connectivity index (χ1v) is 14.7. The lowest BCUT2D eigenvalue weighted by molar-refractivity contribution is -0.139. The van der Waals surface area contributed by atoms with E-state index >= 15 is 0 Å². The Morgan fingerprint density at radius 2 is 1.57 bits per heavy atom. The quantitative estimate of drug-likeness (QED) is 0.344. The summed E-state index contributed by atoms with van der Waals surface area (Å²) >= 11 is 0. The molecule has 0 aromatic heterocycles. The molecular weight excluding hydrogens is 526 g/mol. The molecule has 0 saturated carbocycles. The van der Waals surface area contributed by atoms with Gasteiger partial charge in [-0.25, -0.2) is 8.42 Å². The van der Waals surface area contributed by atoms with Crippen molar-refractivity contribution in [2.75, 3.05) is 24.5 Å². The van der Waals surface area contributed by atoms with Gasteiger partial charge in [-0.15, -0.1) is 0 Å². The van der Waals surface area contributed by atoms with Crippen LogP contribution in [-0.4, -0.2) is 51.4 Å². The first kappa shape index (κ1) is 30.7. The maximum Gasteiger partial charge on any atom is 0.264 e. The zero-order valence-corrected chi connectivity index (χ0v) is 24.9. The van der Waals surface area contributed by atoms with Crippen molar-refractivity contribution in [1.82, 2.24) is 10.2 Å². The number of nitrogens with one attached hydrogen (secondary N) is 1. The summed E-state index contributed by atoms with van der Waals surface area (Å²) in [7, 11) is -2.53. The smallest absolute Gasteiger partial charge is 0.264 e. The topological polar surface area (TPSA) is 96.0 Å². The molecule has 9 heteroatoms. The van der Waals surface area contributed by atoms with Crippen molar-refractivity contribution in [3.8, 4) is 5.75 Å². The highest BCUT2D eigenvalue weighted by Gasteiger charge is 2.33. The molecule has 3 rings (SSSR count). The molecule has 0 fully saturated rings. The molecule has 3 aromatic carbocycles. The van der Waals surface area contributed by atoms with Gasteiger partial charge in [-0.3, -0.25) is 13.9 Å². The minimum atomic E-state index is -4.10. The van der Waals surface area contributed by atoms with Crippen LogP contribution in [0.4, 0.5) is 5.69 Å². The molecule has 40 heavy (non-hydrogen) atoms. The molecular formula is C31H39N3O5S. The molecule has 1 N–H and O–H groups in total. The van der Waals surface area contributed by atoms with Gasteiger partial charge in [0.1, 0.15) is 18.3 Å². The van der Waals surface area contributed by atoms with Gasteiger partial charge >= 0.3 is 0 Å². The fourth-order valence-electron chi connectivity index (χ4n) is 4.18. The number of carbonyl (C=O) groups is 2. The Balaban J connectivity index is 2.03. The molecule has 0 aliphatic rings. The van der Waals surface area contributed by atoms with Gasteiger partial charge in [-0.1, -0.05) is 56.3 Å². The Hall–Kier alpha value is -3.85. The van der Waals surface area contributed by atoms with Crippen LogP contribution in [0.5, 0.6) is 5.75 Å². The third kappa shape index (κ3) is 7.63. The second kappa shape index (κ2) is 13.5. The monoisotopic (exact) mass is 565 g/mol. The number of amides is 2. The van der Waals surface area contributed by atoms with Gasteiger partial charge in [0, 0.05) is 13.1 Å². The van der Waals surface area contributed by atoms with E-state index in [0.29, 0.717) is 23.5 Å². The average Bonchev–Trinajstić information content (AvgIpc) is 2.94. The van der Waals surface area contributed by atoms with E-state index in [2.05, 4.69) is 5.32 Å². The van der Waals surface area contributed by atoms with Crippen molar-refractivity contribution in [3.63, 3.8) is 0 Å². The normalized spacial score (nSPS) is 12.1. The number of hydrogen-bond acceptors (Lipinski definition) is 5. The number of hydrogen-bond donors (Lipinski definition) is 1. The summed E-state index contributed by atoms with van der Waals surface area (Å²) in [6.07, 6.45) is 0. The third-order valence-corrected chi connectivity index (χ3v) is 8.38. The Labute approximate surface area is 238 Å². The summed E-state index contributed by atoms with van der Waals surface area (Å²) in [6, 6.07) is 19.9. The van der Waals surface area contributed by atoms with Crippen molar-refractivity contribution in [1.29, 1.82) is 0 Å². The van der Waals surface area contributed by atoms with Gasteiger partial charge in [-0.05, 0) is 73.7 Å². The lowest BCUT2D eigenvalue weighted by atomic mass is 10.1. The van der Waals surface area contributed by atoms with Crippen LogP contribution in [0.1, 0.15) is 37.5 Å². The molecule has 0 radical (unpaired) electrons. The van der Waals surface area contributed by atoms with E-state index in [1.54, 1.807) is 50.4 Å². The van der Waals surface area contributed by atoms with Crippen molar-refractivity contribution < 1.29 is 22.7 Å². The molecule has 2 amide bonds. The van der Waals surface area contributed by atoms with E-state index in [1.807, 2.05) is 52.0 Å². The molecule has 0 bridgehead atoms. The molecule has 8 nitrogen and oxygen atoms in total. The largest absolute Gasteiger partial charge is 0.497 e. The Morgan fingerprint density at radius 1 is 0.925 bits per heavy atom. The van der Waals surface area contributed by atoms with Crippen molar-refractivity contribution in [2.24, 2.45) is 5.92 Å². The summed E-state index contributed by atoms with van der Waals surface area (Å²) in [4.78, 5) is 28.6. The number of carbonyl (C=O) groups excluding carboxylic acids is 2. The van der Waals surface area contributed by atoms with E-state index in [9.17, 15) is 18.0 Å². The number of benzene rings is 3. The summed E-state index contributed by atoms with van der Waals surface area (Å²) in [6.45, 7) is 9.42. The fraction of sp³-hybridized carbons (Fsp3) is 0.355. The lowest BCUT2D eigenvalue weighted by Crippen LogP contribution is -2.51. The van der Waals surface area contributed by atoms with Crippen molar-refractivity contribution in [2.45, 2.75) is 52.1 Å². The average molecular weight is 566 g/mol. The molecule has 0 unspecified atom stereocenters. The van der Waals surface area contributed by atoms with Gasteiger partial charge in [0.15, 0.2) is 0 Å². The third-order valence-electron chi connectivity index (χ3n) is 6.61. The second-order valence-electron chi connectivity index (χ2n) is 10.3. The van der Waals surface area contributed by atoms with E-state index in [1.165, 1.54) is 17.0 Å². The summed E-state index contributed by atoms with van der Waals surface area (Å²) in [5.41, 5.74) is 2.76. The van der Waals surface area contributed by atoms with E-state index in [4.69, 9.17) is 4.74 Å². The Morgan fingerprint density at radius 3 is 2.17 bits per heavy atom. The number of nitrogens with zero attached hydrogens (tertiary/aromatic N) is 2. The molecule has 0 aliphatic heterocycles. The standard InChI is InChI=1S/C31H39N3O5S/c1-22(2)19-32-31(36)25(5)33(20-26-14-16-27(39-6)17-15-26)30(35)21-34(29-18-23(3)12-13-24(29)4)40(37,38)28-10-8-7-9-11-28/h7-18,22,25H,19-21H2,1-6H3,(H,32,36)/t25-/m1/s1. The summed E-state index contributed by atoms with van der Waals surface area (Å²) < 4.78 is 34.2. The number of ether oxygens (including phenoxy) is 1. The van der Waals surface area contributed by atoms with Crippen molar-refractivity contribution >= 4 is 27.5 Å². The van der Waals surface area contributed by atoms with Gasteiger partial charge in [0.2, 0.25) is 11.8 Å². The molecule has 0 saturated heterocycles. The lowest BCUT2D eigenvalue weighted by Gasteiger charge is -2.32. The molecule has 0 spiro atoms. The zero-order valence-electron chi connectivity index (χ0n) is 24.0. The van der Waals surface area contributed by atoms with Crippen molar-refractivity contribution in [3.05, 3.63) is 89.5 Å². The fourth-order valence-corrected chi connectivity index (χ4v) is 5.68. The predicted molar refractivity (Wildman–Crippen MR) is 158 cm³/mol. The van der Waals surface area contributed by atoms with Crippen LogP contribution >= 0.6 is 0 Å². The maximum atomic E-state index is 14.0. The van der Waals surface area contributed by atoms with E-state index < -0.39 is 28.5 Å². The number of methoxy groups -OCH3 is 1. The molecule has 1 atom stereocenters. The number of anilines is 1. The minimum Gasteiger partial charge on any atom is -0.497 e. The van der Waals surface area contributed by atoms with Gasteiger partial charge in [0.25, 0.3) is 10.0 Å². The minimum absolute atomic E-state index is 0.0770. The van der Waals surface area contributed by atoms with E-state index in [0.717, 1.165) is 15.4 Å². The second-order valence-corrected chi connectivity index (χ2v) is 12.2. The summed E-state index contributed by atoms with van der Waals surface area (Å²) in [5, 5.41) is 2.89. The van der Waals surface area contributed by atoms with Gasteiger partial charge < -0.3 is 15.0 Å². The predicted octanol–water partition coefficient (Wildman–Crippen LogP) is 4.70. The van der Waals surface area contributed by atoms with Gasteiger partial charge in [0.05, 0.1) is 17.7 Å². The molecule has 0 heterocycles. The Kier molecular flexibility index (Phi) is 10.3. The number of sulfonamides is 1. The Bertz CT molecular complexity index is 1410. The number of aryl methyl sites for hydroxylation is 2. The van der Waals surface area contributed by atoms with Crippen LogP contribution in [0.3, 0.4) is 0 Å². The molecule has 214 valence electrons. The van der Waals surface area contributed by atoms with Crippen LogP contribution in [0.2, 0.25) is 0 Å². The van der Waals surface area contributed by atoms with Crippen LogP contribution in [0.15, 0.2) is 77.7 Å². The van der Waals surface area contributed by atoms with Crippen LogP contribution in [-0.2, 0) is 26.2 Å². The van der Waals surface area contributed by atoms with Crippen LogP contribution in [0.25, 0.3) is 0 Å². The highest BCUT2D eigenvalue weighted by Crippen LogP contribution is 2.28.